The lowest BCUT2D eigenvalue weighted by molar-refractivity contribution is -0.137. The van der Waals surface area contributed by atoms with E-state index in [-0.39, 0.29) is 6.16 Å². The molecule has 0 heterocycles. The van der Waals surface area contributed by atoms with Gasteiger partial charge >= 0.3 is 13.6 Å². The zero-order valence-electron chi connectivity index (χ0n) is 12.8. The Labute approximate surface area is 125 Å². The van der Waals surface area contributed by atoms with Gasteiger partial charge in [0.15, 0.2) is 0 Å². The fourth-order valence-corrected chi connectivity index (χ4v) is 3.07. The maximum atomic E-state index is 12.3. The Balaban J connectivity index is 3.09. The van der Waals surface area contributed by atoms with E-state index in [2.05, 4.69) is 0 Å². The molecule has 0 radical (unpaired) electrons. The molecule has 0 aliphatic carbocycles. The monoisotopic (exact) mass is 312 g/mol. The highest BCUT2D eigenvalue weighted by Crippen LogP contribution is 2.50. The van der Waals surface area contributed by atoms with Crippen molar-refractivity contribution in [1.82, 2.24) is 0 Å². The third-order valence-electron chi connectivity index (χ3n) is 3.04. The molecule has 1 rings (SSSR count). The van der Waals surface area contributed by atoms with Crippen LogP contribution in [0, 0.1) is 6.92 Å². The van der Waals surface area contributed by atoms with Gasteiger partial charge in [0, 0.05) is 20.3 Å². The summed E-state index contributed by atoms with van der Waals surface area (Å²) in [5, 5.41) is 0. The lowest BCUT2D eigenvalue weighted by Gasteiger charge is -2.16. The molecule has 0 spiro atoms. The van der Waals surface area contributed by atoms with Crippen molar-refractivity contribution in [2.75, 3.05) is 20.8 Å². The molecule has 0 saturated heterocycles. The molecular weight excluding hydrogens is 291 g/mol. The van der Waals surface area contributed by atoms with Crippen molar-refractivity contribution >= 4 is 19.6 Å². The molecule has 0 atom stereocenters. The van der Waals surface area contributed by atoms with Crippen LogP contribution in [0.1, 0.15) is 23.6 Å². The molecule has 21 heavy (non-hydrogen) atoms. The summed E-state index contributed by atoms with van der Waals surface area (Å²) in [6.07, 6.45) is 3.15. The lowest BCUT2D eigenvalue weighted by atomic mass is 10.0. The van der Waals surface area contributed by atoms with Gasteiger partial charge in [0.05, 0.1) is 12.8 Å². The molecule has 0 amide bonds. The average molecular weight is 312 g/mol. The van der Waals surface area contributed by atoms with Gasteiger partial charge < -0.3 is 13.8 Å². The summed E-state index contributed by atoms with van der Waals surface area (Å²) in [4.78, 5) is 11.4. The number of ether oxygens (including phenoxy) is 1. The van der Waals surface area contributed by atoms with E-state index in [0.29, 0.717) is 6.61 Å². The average Bonchev–Trinajstić information content (AvgIpc) is 2.48. The summed E-state index contributed by atoms with van der Waals surface area (Å²) >= 11 is 0. The summed E-state index contributed by atoms with van der Waals surface area (Å²) < 4.78 is 27.1. The van der Waals surface area contributed by atoms with Crippen LogP contribution in [0.25, 0.3) is 6.08 Å². The molecule has 0 N–H and O–H groups in total. The smallest absolute Gasteiger partial charge is 0.334 e. The van der Waals surface area contributed by atoms with Gasteiger partial charge in [-0.2, -0.15) is 0 Å². The molecule has 0 aliphatic rings. The Morgan fingerprint density at radius 2 is 1.95 bits per heavy atom. The van der Waals surface area contributed by atoms with Gasteiger partial charge in [-0.15, -0.1) is 0 Å². The minimum atomic E-state index is -3.17. The molecule has 0 unspecified atom stereocenters. The summed E-state index contributed by atoms with van der Waals surface area (Å²) in [5.74, 6) is -0.411. The predicted molar refractivity (Wildman–Crippen MR) is 82.2 cm³/mol. The number of benzene rings is 1. The first-order valence-corrected chi connectivity index (χ1v) is 8.32. The van der Waals surface area contributed by atoms with E-state index in [9.17, 15) is 9.36 Å². The van der Waals surface area contributed by atoms with E-state index in [1.807, 2.05) is 25.1 Å². The summed E-state index contributed by atoms with van der Waals surface area (Å²) in [5.41, 5.74) is 2.57. The van der Waals surface area contributed by atoms with Crippen molar-refractivity contribution in [1.29, 1.82) is 0 Å². The molecule has 0 aliphatic heterocycles. The second-order valence-corrected chi connectivity index (χ2v) is 6.63. The number of hydrogen-bond donors (Lipinski definition) is 0. The molecule has 5 nitrogen and oxygen atoms in total. The minimum absolute atomic E-state index is 0.148. The van der Waals surface area contributed by atoms with Crippen LogP contribution in [0.3, 0.4) is 0 Å². The lowest BCUT2D eigenvalue weighted by Crippen LogP contribution is -2.01. The van der Waals surface area contributed by atoms with E-state index in [1.54, 1.807) is 13.0 Å². The van der Waals surface area contributed by atoms with Crippen molar-refractivity contribution < 1.29 is 23.1 Å². The Morgan fingerprint density at radius 3 is 2.52 bits per heavy atom. The van der Waals surface area contributed by atoms with Crippen molar-refractivity contribution in [3.63, 3.8) is 0 Å². The summed E-state index contributed by atoms with van der Waals surface area (Å²) in [6.45, 7) is 3.98. The zero-order chi connectivity index (χ0) is 15.9. The minimum Gasteiger partial charge on any atom is -0.463 e. The van der Waals surface area contributed by atoms with Gasteiger partial charge in [-0.05, 0) is 36.6 Å². The molecule has 1 aromatic rings. The van der Waals surface area contributed by atoms with E-state index < -0.39 is 13.6 Å². The topological polar surface area (TPSA) is 61.8 Å². The van der Waals surface area contributed by atoms with Crippen molar-refractivity contribution in [3.05, 3.63) is 41.0 Å². The number of hydrogen-bond acceptors (Lipinski definition) is 5. The summed E-state index contributed by atoms with van der Waals surface area (Å²) in [7, 11) is -0.451. The van der Waals surface area contributed by atoms with Crippen molar-refractivity contribution in [2.24, 2.45) is 0 Å². The Bertz CT molecular complexity index is 557. The first-order valence-electron chi connectivity index (χ1n) is 6.59. The maximum Gasteiger partial charge on any atom is 0.334 e. The number of rotatable bonds is 7. The van der Waals surface area contributed by atoms with Crippen LogP contribution >= 0.6 is 7.60 Å². The highest BCUT2D eigenvalue weighted by atomic mass is 31.2. The zero-order valence-corrected chi connectivity index (χ0v) is 13.7. The molecule has 1 aromatic carbocycles. The number of carbonyl (C=O) groups excluding carboxylic acids is 1. The number of esters is 1. The first kappa shape index (κ1) is 17.6. The van der Waals surface area contributed by atoms with Crippen LogP contribution in [0.2, 0.25) is 0 Å². The standard InChI is InChI=1S/C15H21O5P/c1-5-20-15(16)10-9-13-8-6-7-12(2)14(13)11-21(17,18-3)19-4/h6-10H,5,11H2,1-4H3/b10-9+. The van der Waals surface area contributed by atoms with E-state index in [0.717, 1.165) is 16.7 Å². The predicted octanol–water partition coefficient (Wildman–Crippen LogP) is 3.56. The fraction of sp³-hybridized carbons (Fsp3) is 0.400. The van der Waals surface area contributed by atoms with Crippen LogP contribution < -0.4 is 0 Å². The Hall–Kier alpha value is -1.42. The second kappa shape index (κ2) is 8.13. The van der Waals surface area contributed by atoms with Gasteiger partial charge in [0.25, 0.3) is 0 Å². The summed E-state index contributed by atoms with van der Waals surface area (Å²) in [6, 6.07) is 5.62. The van der Waals surface area contributed by atoms with Crippen LogP contribution in [0.4, 0.5) is 0 Å². The number of aryl methyl sites for hydroxylation is 1. The molecular formula is C15H21O5P. The van der Waals surface area contributed by atoms with Crippen molar-refractivity contribution in [3.8, 4) is 0 Å². The molecule has 6 heteroatoms. The first-order chi connectivity index (χ1) is 9.95. The fourth-order valence-electron chi connectivity index (χ4n) is 1.84. The molecule has 116 valence electrons. The normalized spacial score (nSPS) is 11.8. The van der Waals surface area contributed by atoms with E-state index >= 15 is 0 Å². The maximum absolute atomic E-state index is 12.3. The third-order valence-corrected chi connectivity index (χ3v) is 4.86. The van der Waals surface area contributed by atoms with Crippen LogP contribution in [-0.2, 0) is 29.3 Å². The van der Waals surface area contributed by atoms with Gasteiger partial charge in [-0.25, -0.2) is 4.79 Å². The second-order valence-electron chi connectivity index (χ2n) is 4.36. The van der Waals surface area contributed by atoms with Gasteiger partial charge in [0.2, 0.25) is 0 Å². The van der Waals surface area contributed by atoms with Gasteiger partial charge in [0.1, 0.15) is 0 Å². The van der Waals surface area contributed by atoms with E-state index in [1.165, 1.54) is 20.3 Å². The molecule has 0 bridgehead atoms. The third kappa shape index (κ3) is 5.12. The van der Waals surface area contributed by atoms with Crippen LogP contribution in [0.15, 0.2) is 24.3 Å². The van der Waals surface area contributed by atoms with Crippen molar-refractivity contribution in [2.45, 2.75) is 20.0 Å². The van der Waals surface area contributed by atoms with Gasteiger partial charge in [-0.3, -0.25) is 4.57 Å². The highest BCUT2D eigenvalue weighted by molar-refractivity contribution is 7.52. The molecule has 0 fully saturated rings. The van der Waals surface area contributed by atoms with E-state index in [4.69, 9.17) is 13.8 Å². The number of carbonyl (C=O) groups is 1. The Morgan fingerprint density at radius 1 is 1.29 bits per heavy atom. The SMILES string of the molecule is CCOC(=O)/C=C/c1cccc(C)c1CP(=O)(OC)OC. The largest absolute Gasteiger partial charge is 0.463 e. The van der Waals surface area contributed by atoms with Gasteiger partial charge in [-0.1, -0.05) is 18.2 Å². The highest BCUT2D eigenvalue weighted by Gasteiger charge is 2.23. The van der Waals surface area contributed by atoms with Crippen LogP contribution in [-0.4, -0.2) is 26.8 Å². The quantitative estimate of drug-likeness (QED) is 0.438. The Kier molecular flexibility index (Phi) is 6.82. The molecule has 0 aromatic heterocycles. The van der Waals surface area contributed by atoms with Crippen LogP contribution in [0.5, 0.6) is 0 Å². The molecule has 0 saturated carbocycles.